The number of unbranched alkanes of at least 4 members (excludes halogenated alkanes) is 18. The predicted molar refractivity (Wildman–Crippen MR) is 147 cm³/mol. The Morgan fingerprint density at radius 2 is 0.714 bits per heavy atom. The fourth-order valence-electron chi connectivity index (χ4n) is 4.51. The zero-order chi connectivity index (χ0) is 25.4. The number of aromatic nitrogens is 3. The number of aliphatic hydroxyl groups is 2. The van der Waals surface area contributed by atoms with Crippen LogP contribution < -0.4 is 16.4 Å². The zero-order valence-electron chi connectivity index (χ0n) is 22.3. The van der Waals surface area contributed by atoms with Gasteiger partial charge in [-0.25, -0.2) is 0 Å². The average molecular weight is 495 g/mol. The Balaban J connectivity index is 2.21. The fourth-order valence-corrected chi connectivity index (χ4v) is 4.51. The monoisotopic (exact) mass is 494 g/mol. The molecule has 0 saturated heterocycles. The lowest BCUT2D eigenvalue weighted by Gasteiger charge is -2.23. The number of rotatable bonds is 25. The second kappa shape index (κ2) is 22.8. The maximum Gasteiger partial charge on any atom is 0.231 e. The lowest BCUT2D eigenvalue weighted by atomic mass is 10.1. The zero-order valence-corrected chi connectivity index (χ0v) is 22.3. The van der Waals surface area contributed by atoms with Gasteiger partial charge >= 0.3 is 0 Å². The van der Waals surface area contributed by atoms with Crippen molar-refractivity contribution in [1.29, 1.82) is 0 Å². The summed E-state index contributed by atoms with van der Waals surface area (Å²) in [5.41, 5.74) is 11.7. The van der Waals surface area contributed by atoms with E-state index in [0.717, 1.165) is 51.6 Å². The third-order valence-electron chi connectivity index (χ3n) is 6.61. The summed E-state index contributed by atoms with van der Waals surface area (Å²) in [6, 6.07) is 0. The summed E-state index contributed by atoms with van der Waals surface area (Å²) >= 11 is 0. The number of aliphatic hydroxyl groups excluding tert-OH is 2. The van der Waals surface area contributed by atoms with E-state index in [1.807, 2.05) is 0 Å². The van der Waals surface area contributed by atoms with Gasteiger partial charge in [-0.2, -0.15) is 15.0 Å². The number of hydrogen-bond acceptors (Lipinski definition) is 8. The van der Waals surface area contributed by atoms with Crippen LogP contribution in [0.2, 0.25) is 0 Å². The van der Waals surface area contributed by atoms with Crippen LogP contribution in [0.1, 0.15) is 128 Å². The van der Waals surface area contributed by atoms with E-state index in [2.05, 4.69) is 19.9 Å². The molecule has 1 aromatic rings. The topological polar surface area (TPSA) is 134 Å². The van der Waals surface area contributed by atoms with E-state index >= 15 is 0 Å². The van der Waals surface area contributed by atoms with Crippen LogP contribution in [0.15, 0.2) is 0 Å². The van der Waals surface area contributed by atoms with Crippen molar-refractivity contribution in [3.63, 3.8) is 0 Å². The maximum absolute atomic E-state index is 8.82. The van der Waals surface area contributed by atoms with Crippen LogP contribution in [0.4, 0.5) is 17.8 Å². The van der Waals surface area contributed by atoms with Crippen molar-refractivity contribution in [1.82, 2.24) is 15.0 Å². The number of nitrogens with zero attached hydrogens (tertiary/aromatic N) is 4. The molecule has 0 bridgehead atoms. The van der Waals surface area contributed by atoms with Gasteiger partial charge in [-0.3, -0.25) is 0 Å². The van der Waals surface area contributed by atoms with Gasteiger partial charge in [0, 0.05) is 26.3 Å². The lowest BCUT2D eigenvalue weighted by molar-refractivity contribution is 0.282. The molecule has 0 atom stereocenters. The van der Waals surface area contributed by atoms with Crippen LogP contribution in [0.3, 0.4) is 0 Å². The minimum Gasteiger partial charge on any atom is -0.396 e. The molecule has 0 radical (unpaired) electrons. The molecule has 0 unspecified atom stereocenters. The van der Waals surface area contributed by atoms with E-state index in [1.165, 1.54) is 89.9 Å². The quantitative estimate of drug-likeness (QED) is 0.128. The van der Waals surface area contributed by atoms with Gasteiger partial charge in [0.15, 0.2) is 0 Å². The summed E-state index contributed by atoms with van der Waals surface area (Å²) in [4.78, 5) is 14.8. The minimum atomic E-state index is 0.190. The van der Waals surface area contributed by atoms with Crippen LogP contribution in [0, 0.1) is 0 Å². The van der Waals surface area contributed by atoms with E-state index < -0.39 is 0 Å². The largest absolute Gasteiger partial charge is 0.396 e. The van der Waals surface area contributed by atoms with Crippen molar-refractivity contribution >= 4 is 17.8 Å². The highest BCUT2D eigenvalue weighted by atomic mass is 16.3. The van der Waals surface area contributed by atoms with Gasteiger partial charge in [0.05, 0.1) is 0 Å². The molecule has 8 heteroatoms. The second-order valence-corrected chi connectivity index (χ2v) is 9.86. The molecule has 1 aromatic heterocycles. The molecule has 6 N–H and O–H groups in total. The summed E-state index contributed by atoms with van der Waals surface area (Å²) in [5, 5.41) is 17.6. The molecule has 8 nitrogen and oxygen atoms in total. The molecule has 0 aliphatic heterocycles. The number of hydrogen-bond donors (Lipinski definition) is 4. The SMILES string of the molecule is Nc1nc(N)nc(N(CCCCCCCCCCCCO)CCCCCCCCCCCCO)n1. The molecule has 0 amide bonds. The molecule has 0 aliphatic carbocycles. The molecule has 0 aliphatic rings. The van der Waals surface area contributed by atoms with Crippen LogP contribution in [0.5, 0.6) is 0 Å². The van der Waals surface area contributed by atoms with Crippen molar-refractivity contribution < 1.29 is 10.2 Å². The van der Waals surface area contributed by atoms with Crippen LogP contribution in [-0.2, 0) is 0 Å². The molecule has 0 fully saturated rings. The number of anilines is 3. The summed E-state index contributed by atoms with van der Waals surface area (Å²) in [6.45, 7) is 2.51. The highest BCUT2D eigenvalue weighted by Crippen LogP contribution is 2.16. The van der Waals surface area contributed by atoms with Gasteiger partial charge in [-0.15, -0.1) is 0 Å². The lowest BCUT2D eigenvalue weighted by Crippen LogP contribution is -2.28. The van der Waals surface area contributed by atoms with Crippen molar-refractivity contribution in [2.24, 2.45) is 0 Å². The fraction of sp³-hybridized carbons (Fsp3) is 0.889. The predicted octanol–water partition coefficient (Wildman–Crippen LogP) is 5.63. The molecule has 0 spiro atoms. The molecule has 0 aromatic carbocycles. The van der Waals surface area contributed by atoms with Gasteiger partial charge in [0.25, 0.3) is 0 Å². The van der Waals surface area contributed by atoms with E-state index in [9.17, 15) is 0 Å². The van der Waals surface area contributed by atoms with Crippen molar-refractivity contribution in [3.05, 3.63) is 0 Å². The Kier molecular flexibility index (Phi) is 20.4. The first-order chi connectivity index (χ1) is 17.2. The first-order valence-electron chi connectivity index (χ1n) is 14.4. The summed E-state index contributed by atoms with van der Waals surface area (Å²) in [6.07, 6.45) is 24.4. The Hall–Kier alpha value is -1.67. The highest BCUT2D eigenvalue weighted by molar-refractivity contribution is 5.39. The molecule has 0 saturated carbocycles. The first-order valence-corrected chi connectivity index (χ1v) is 14.4. The molecular weight excluding hydrogens is 440 g/mol. The minimum absolute atomic E-state index is 0.190. The highest BCUT2D eigenvalue weighted by Gasteiger charge is 2.11. The molecule has 1 heterocycles. The number of nitrogens with two attached hydrogens (primary N) is 2. The van der Waals surface area contributed by atoms with Gasteiger partial charge in [-0.1, -0.05) is 103 Å². The third kappa shape index (κ3) is 18.3. The summed E-state index contributed by atoms with van der Waals surface area (Å²) in [7, 11) is 0. The summed E-state index contributed by atoms with van der Waals surface area (Å²) in [5.74, 6) is 0.992. The van der Waals surface area contributed by atoms with Crippen LogP contribution in [-0.4, -0.2) is 51.5 Å². The van der Waals surface area contributed by atoms with Gasteiger partial charge in [-0.05, 0) is 25.7 Å². The molecule has 204 valence electrons. The van der Waals surface area contributed by atoms with Gasteiger partial charge in [0.2, 0.25) is 17.8 Å². The Morgan fingerprint density at radius 1 is 0.429 bits per heavy atom. The van der Waals surface area contributed by atoms with E-state index in [4.69, 9.17) is 21.7 Å². The van der Waals surface area contributed by atoms with Crippen molar-refractivity contribution in [3.8, 4) is 0 Å². The van der Waals surface area contributed by atoms with E-state index in [0.29, 0.717) is 19.2 Å². The maximum atomic E-state index is 8.82. The summed E-state index contributed by atoms with van der Waals surface area (Å²) < 4.78 is 0. The molecular formula is C27H54N6O2. The van der Waals surface area contributed by atoms with E-state index in [-0.39, 0.29) is 11.9 Å². The average Bonchev–Trinajstić information content (AvgIpc) is 2.84. The Bertz CT molecular complexity index is 559. The third-order valence-corrected chi connectivity index (χ3v) is 6.61. The number of nitrogen functional groups attached to an aromatic ring is 2. The van der Waals surface area contributed by atoms with Crippen LogP contribution >= 0.6 is 0 Å². The normalized spacial score (nSPS) is 11.3. The van der Waals surface area contributed by atoms with Crippen LogP contribution in [0.25, 0.3) is 0 Å². The molecule has 35 heavy (non-hydrogen) atoms. The second-order valence-electron chi connectivity index (χ2n) is 9.86. The molecule has 1 rings (SSSR count). The van der Waals surface area contributed by atoms with Crippen molar-refractivity contribution in [2.75, 3.05) is 42.7 Å². The Labute approximate surface area is 214 Å². The Morgan fingerprint density at radius 3 is 1.03 bits per heavy atom. The van der Waals surface area contributed by atoms with Gasteiger partial charge < -0.3 is 26.6 Å². The standard InChI is InChI=1S/C27H54N6O2/c28-25-30-26(29)32-27(31-25)33(21-17-13-9-5-1-3-7-11-15-19-23-34)22-18-14-10-6-2-4-8-12-16-20-24-35/h34-35H,1-24H2,(H4,28,29,30,31,32). The van der Waals surface area contributed by atoms with Gasteiger partial charge in [0.1, 0.15) is 0 Å². The van der Waals surface area contributed by atoms with E-state index in [1.54, 1.807) is 0 Å². The van der Waals surface area contributed by atoms with Crippen molar-refractivity contribution in [2.45, 2.75) is 128 Å². The smallest absolute Gasteiger partial charge is 0.231 e. The first kappa shape index (κ1) is 31.4.